The summed E-state index contributed by atoms with van der Waals surface area (Å²) in [6.07, 6.45) is -2.97. The number of hydrogen-bond donors (Lipinski definition) is 6. The van der Waals surface area contributed by atoms with Crippen molar-refractivity contribution in [3.63, 3.8) is 0 Å². The Hall–Kier alpha value is -3.23. The number of ether oxygens (including phenoxy) is 1. The average Bonchev–Trinajstić information content (AvgIpc) is 3.35. The fourth-order valence-electron chi connectivity index (χ4n) is 3.80. The van der Waals surface area contributed by atoms with Crippen LogP contribution in [0.4, 0.5) is 17.3 Å². The Morgan fingerprint density at radius 2 is 2.09 bits per heavy atom. The van der Waals surface area contributed by atoms with Gasteiger partial charge >= 0.3 is 0 Å². The third kappa shape index (κ3) is 3.36. The average molecular weight is 457 g/mol. The highest BCUT2D eigenvalue weighted by molar-refractivity contribution is 7.81. The molecule has 12 nitrogen and oxygen atoms in total. The quantitative estimate of drug-likeness (QED) is 0.268. The van der Waals surface area contributed by atoms with Gasteiger partial charge in [0.2, 0.25) is 0 Å². The molecule has 1 aromatic carbocycles. The maximum absolute atomic E-state index is 12.3. The molecule has 6 N–H and O–H groups in total. The van der Waals surface area contributed by atoms with E-state index in [0.29, 0.717) is 28.2 Å². The van der Waals surface area contributed by atoms with Gasteiger partial charge in [0.05, 0.1) is 24.2 Å². The van der Waals surface area contributed by atoms with Gasteiger partial charge in [-0.2, -0.15) is 0 Å². The number of anilines is 3. The molecule has 4 atom stereocenters. The molecule has 2 aromatic heterocycles. The Morgan fingerprint density at radius 1 is 1.28 bits per heavy atom. The van der Waals surface area contributed by atoms with Gasteiger partial charge in [-0.15, -0.1) is 0 Å². The van der Waals surface area contributed by atoms with Gasteiger partial charge in [-0.05, 0) is 12.1 Å². The van der Waals surface area contributed by atoms with Crippen molar-refractivity contribution in [2.24, 2.45) is 0 Å². The molecule has 0 aliphatic carbocycles. The number of rotatable bonds is 4. The van der Waals surface area contributed by atoms with Gasteiger partial charge in [0.1, 0.15) is 35.3 Å². The minimum absolute atomic E-state index is 0.155. The van der Waals surface area contributed by atoms with E-state index in [1.165, 1.54) is 6.33 Å². The normalized spacial score (nSPS) is 24.4. The molecule has 166 valence electrons. The number of thiocarbonyl (C=S) groups is 1. The molecule has 0 bridgehead atoms. The lowest BCUT2D eigenvalue weighted by molar-refractivity contribution is -0.0219. The summed E-state index contributed by atoms with van der Waals surface area (Å²) in [5.41, 5.74) is 0.698. The number of aliphatic hydroxyl groups excluding tert-OH is 3. The van der Waals surface area contributed by atoms with Gasteiger partial charge in [0, 0.05) is 0 Å². The van der Waals surface area contributed by atoms with Crippen molar-refractivity contribution in [1.82, 2.24) is 19.9 Å². The van der Waals surface area contributed by atoms with Crippen LogP contribution in [0.1, 0.15) is 5.82 Å². The second-order valence-corrected chi connectivity index (χ2v) is 7.75. The summed E-state index contributed by atoms with van der Waals surface area (Å²) < 4.78 is 5.60. The topological polar surface area (TPSA) is 169 Å². The molecule has 5 rings (SSSR count). The second-order valence-electron chi connectivity index (χ2n) is 7.34. The summed E-state index contributed by atoms with van der Waals surface area (Å²) in [4.78, 5) is 29.6. The van der Waals surface area contributed by atoms with E-state index in [1.54, 1.807) is 29.2 Å². The molecule has 2 aliphatic heterocycles. The molecular weight excluding hydrogens is 438 g/mol. The lowest BCUT2D eigenvalue weighted by Crippen LogP contribution is -2.44. The van der Waals surface area contributed by atoms with Crippen LogP contribution in [0.2, 0.25) is 0 Å². The van der Waals surface area contributed by atoms with Crippen LogP contribution < -0.4 is 21.1 Å². The Kier molecular flexibility index (Phi) is 5.19. The van der Waals surface area contributed by atoms with Crippen molar-refractivity contribution in [3.8, 4) is 0 Å². The maximum atomic E-state index is 12.3. The SMILES string of the molecule is O=c1[nH]c(C(=S)Nc2ncnc3c2NCN3C2OC(CO)C(O)C2O)nc2ccccc12. The second kappa shape index (κ2) is 8.03. The van der Waals surface area contributed by atoms with Crippen LogP contribution in [0, 0.1) is 0 Å². The first-order valence-electron chi connectivity index (χ1n) is 9.76. The number of nitrogens with one attached hydrogen (secondary N) is 3. The molecule has 2 aliphatic rings. The molecule has 4 unspecified atom stereocenters. The number of aromatic nitrogens is 4. The first-order chi connectivity index (χ1) is 15.5. The lowest BCUT2D eigenvalue weighted by atomic mass is 10.1. The van der Waals surface area contributed by atoms with Gasteiger partial charge in [-0.25, -0.2) is 15.0 Å². The summed E-state index contributed by atoms with van der Waals surface area (Å²) in [6, 6.07) is 6.93. The minimum Gasteiger partial charge on any atom is -0.394 e. The fraction of sp³-hybridized carbons (Fsp3) is 0.316. The summed E-state index contributed by atoms with van der Waals surface area (Å²) in [5.74, 6) is 0.944. The monoisotopic (exact) mass is 457 g/mol. The van der Waals surface area contributed by atoms with Gasteiger partial charge in [0.15, 0.2) is 23.7 Å². The van der Waals surface area contributed by atoms with Crippen LogP contribution >= 0.6 is 12.2 Å². The fourth-order valence-corrected chi connectivity index (χ4v) is 3.99. The summed E-state index contributed by atoms with van der Waals surface area (Å²) in [6.45, 7) is -0.211. The number of nitrogens with zero attached hydrogens (tertiary/aromatic N) is 4. The smallest absolute Gasteiger partial charge is 0.259 e. The highest BCUT2D eigenvalue weighted by Crippen LogP contribution is 2.38. The van der Waals surface area contributed by atoms with Crippen molar-refractivity contribution in [2.75, 3.05) is 28.8 Å². The van der Waals surface area contributed by atoms with Crippen LogP contribution in [0.5, 0.6) is 0 Å². The molecule has 4 heterocycles. The zero-order valence-electron chi connectivity index (χ0n) is 16.5. The highest BCUT2D eigenvalue weighted by Gasteiger charge is 2.47. The predicted molar refractivity (Wildman–Crippen MR) is 118 cm³/mol. The zero-order chi connectivity index (χ0) is 22.4. The number of hydrogen-bond acceptors (Lipinski definition) is 11. The first kappa shape index (κ1) is 20.7. The Labute approximate surface area is 185 Å². The standard InChI is InChI=1S/C19H19N7O5S/c27-5-10-12(28)13(29)19(31-10)26-7-22-11-14(20-6-21-16(11)26)25-18(32)15-23-9-4-2-1-3-8(9)17(30)24-15/h1-4,6,10,12-13,19,22,27-29H,5,7H2,(H,23,24,30)(H,20,21,25,32). The number of H-pyrrole nitrogens is 1. The van der Waals surface area contributed by atoms with Gasteiger partial charge in [-0.3, -0.25) is 4.79 Å². The third-order valence-electron chi connectivity index (χ3n) is 5.41. The summed E-state index contributed by atoms with van der Waals surface area (Å²) in [7, 11) is 0. The van der Waals surface area contributed by atoms with Gasteiger partial charge < -0.3 is 40.6 Å². The number of para-hydroxylation sites is 1. The number of aliphatic hydroxyl groups is 3. The van der Waals surface area contributed by atoms with E-state index in [1.807, 2.05) is 0 Å². The lowest BCUT2D eigenvalue weighted by Gasteiger charge is -2.26. The van der Waals surface area contributed by atoms with E-state index >= 15 is 0 Å². The maximum Gasteiger partial charge on any atom is 0.259 e. The predicted octanol–water partition coefficient (Wildman–Crippen LogP) is -0.871. The number of fused-ring (bicyclic) bond motifs is 2. The highest BCUT2D eigenvalue weighted by atomic mass is 32.1. The molecule has 0 amide bonds. The molecule has 1 fully saturated rings. The van der Waals surface area contributed by atoms with E-state index < -0.39 is 31.1 Å². The molecule has 32 heavy (non-hydrogen) atoms. The van der Waals surface area contributed by atoms with Crippen molar-refractivity contribution in [2.45, 2.75) is 24.5 Å². The van der Waals surface area contributed by atoms with Crippen LogP contribution in [0.15, 0.2) is 35.4 Å². The van der Waals surface area contributed by atoms with Crippen molar-refractivity contribution in [3.05, 3.63) is 46.8 Å². The van der Waals surface area contributed by atoms with Gasteiger partial charge in [-0.1, -0.05) is 24.4 Å². The van der Waals surface area contributed by atoms with Crippen LogP contribution in [-0.2, 0) is 4.74 Å². The summed E-state index contributed by atoms with van der Waals surface area (Å²) >= 11 is 5.43. The molecule has 13 heteroatoms. The number of aromatic amines is 1. The first-order valence-corrected chi connectivity index (χ1v) is 10.2. The third-order valence-corrected chi connectivity index (χ3v) is 5.71. The van der Waals surface area contributed by atoms with E-state index in [9.17, 15) is 20.1 Å². The van der Waals surface area contributed by atoms with E-state index in [-0.39, 0.29) is 23.0 Å². The zero-order valence-corrected chi connectivity index (χ0v) is 17.3. The Balaban J connectivity index is 1.41. The molecule has 0 spiro atoms. The largest absolute Gasteiger partial charge is 0.394 e. The molecule has 3 aromatic rings. The van der Waals surface area contributed by atoms with Gasteiger partial charge in [0.25, 0.3) is 5.56 Å². The number of benzene rings is 1. The van der Waals surface area contributed by atoms with E-state index in [2.05, 4.69) is 30.6 Å². The van der Waals surface area contributed by atoms with Crippen molar-refractivity contribution >= 4 is 45.4 Å². The van der Waals surface area contributed by atoms with E-state index in [4.69, 9.17) is 17.0 Å². The molecule has 0 radical (unpaired) electrons. The Bertz CT molecular complexity index is 1250. The van der Waals surface area contributed by atoms with Crippen LogP contribution in [-0.4, -0.2) is 78.1 Å². The van der Waals surface area contributed by atoms with Crippen LogP contribution in [0.3, 0.4) is 0 Å². The molecule has 1 saturated heterocycles. The minimum atomic E-state index is -1.24. The van der Waals surface area contributed by atoms with Crippen molar-refractivity contribution < 1.29 is 20.1 Å². The molecular formula is C19H19N7O5S. The van der Waals surface area contributed by atoms with Crippen molar-refractivity contribution in [1.29, 1.82) is 0 Å². The molecule has 0 saturated carbocycles. The van der Waals surface area contributed by atoms with Crippen LogP contribution in [0.25, 0.3) is 10.9 Å². The van der Waals surface area contributed by atoms with E-state index in [0.717, 1.165) is 0 Å². The summed E-state index contributed by atoms with van der Waals surface area (Å²) in [5, 5.41) is 36.3. The Morgan fingerprint density at radius 3 is 2.88 bits per heavy atom.